The van der Waals surface area contributed by atoms with Gasteiger partial charge in [0.1, 0.15) is 11.5 Å². The smallest absolute Gasteiger partial charge is 0.127 e. The summed E-state index contributed by atoms with van der Waals surface area (Å²) in [6, 6.07) is 30.6. The number of hydrogen-bond acceptors (Lipinski definition) is 1. The molecule has 0 spiro atoms. The summed E-state index contributed by atoms with van der Waals surface area (Å²) in [5.41, 5.74) is 1.35. The minimum absolute atomic E-state index is 0.883. The molecule has 3 rings (SSSR count). The van der Waals surface area contributed by atoms with Crippen molar-refractivity contribution in [3.05, 3.63) is 90.5 Å². The third-order valence-corrected chi connectivity index (χ3v) is 7.87. The van der Waals surface area contributed by atoms with Crippen LogP contribution in [-0.2, 0) is 6.42 Å². The first-order valence-electron chi connectivity index (χ1n) is 8.51. The van der Waals surface area contributed by atoms with E-state index in [1.807, 2.05) is 36.4 Å². The zero-order chi connectivity index (χ0) is 16.8. The van der Waals surface area contributed by atoms with Gasteiger partial charge >= 0.3 is 0 Å². The molecule has 0 atom stereocenters. The highest BCUT2D eigenvalue weighted by atomic mass is 28.3. The molecule has 0 radical (unpaired) electrons. The van der Waals surface area contributed by atoms with Crippen LogP contribution in [0.4, 0.5) is 0 Å². The molecular formula is C22H24OSi. The molecule has 0 fully saturated rings. The van der Waals surface area contributed by atoms with Gasteiger partial charge in [-0.25, -0.2) is 0 Å². The Morgan fingerprint density at radius 2 is 1.33 bits per heavy atom. The maximum absolute atomic E-state index is 5.95. The molecule has 0 aromatic heterocycles. The fourth-order valence-electron chi connectivity index (χ4n) is 2.88. The molecule has 3 aromatic carbocycles. The van der Waals surface area contributed by atoms with Gasteiger partial charge in [0.2, 0.25) is 0 Å². The third kappa shape index (κ3) is 4.36. The fourth-order valence-corrected chi connectivity index (χ4v) is 5.18. The van der Waals surface area contributed by atoms with E-state index in [1.54, 1.807) is 0 Å². The first-order chi connectivity index (χ1) is 11.6. The van der Waals surface area contributed by atoms with Gasteiger partial charge < -0.3 is 4.74 Å². The van der Waals surface area contributed by atoms with Gasteiger partial charge in [-0.1, -0.05) is 78.9 Å². The van der Waals surface area contributed by atoms with Gasteiger partial charge in [-0.3, -0.25) is 0 Å². The second-order valence-electron chi connectivity index (χ2n) is 6.81. The highest BCUT2D eigenvalue weighted by molar-refractivity contribution is 6.89. The van der Waals surface area contributed by atoms with E-state index >= 15 is 0 Å². The molecule has 0 aliphatic heterocycles. The van der Waals surface area contributed by atoms with Gasteiger partial charge in [-0.2, -0.15) is 0 Å². The summed E-state index contributed by atoms with van der Waals surface area (Å²) in [6.07, 6.45) is 1.10. The summed E-state index contributed by atoms with van der Waals surface area (Å²) < 4.78 is 5.95. The first-order valence-corrected chi connectivity index (χ1v) is 11.7. The Bertz CT molecular complexity index is 766. The van der Waals surface area contributed by atoms with E-state index in [-0.39, 0.29) is 0 Å². The molecule has 122 valence electrons. The molecule has 0 saturated carbocycles. The highest BCUT2D eigenvalue weighted by Crippen LogP contribution is 2.23. The average molecular weight is 333 g/mol. The van der Waals surface area contributed by atoms with Gasteiger partial charge in [-0.15, -0.1) is 0 Å². The lowest BCUT2D eigenvalue weighted by Crippen LogP contribution is -2.41. The standard InChI is InChI=1S/C22H24OSi/c1-24(2,22-14-7-4-8-15-22)17-16-19-10-9-13-21(18-19)23-20-11-5-3-6-12-20/h3-15,18H,16-17H2,1-2H3. The Hall–Kier alpha value is -2.32. The maximum Gasteiger partial charge on any atom is 0.127 e. The number of hydrogen-bond donors (Lipinski definition) is 0. The van der Waals surface area contributed by atoms with Crippen molar-refractivity contribution in [2.75, 3.05) is 0 Å². The second kappa shape index (κ2) is 7.50. The van der Waals surface area contributed by atoms with Crippen molar-refractivity contribution in [2.45, 2.75) is 25.6 Å². The molecule has 24 heavy (non-hydrogen) atoms. The summed E-state index contributed by atoms with van der Waals surface area (Å²) in [6.45, 7) is 4.90. The predicted molar refractivity (Wildman–Crippen MR) is 105 cm³/mol. The van der Waals surface area contributed by atoms with Crippen molar-refractivity contribution in [1.29, 1.82) is 0 Å². The van der Waals surface area contributed by atoms with Crippen LogP contribution >= 0.6 is 0 Å². The van der Waals surface area contributed by atoms with E-state index in [0.717, 1.165) is 17.9 Å². The predicted octanol–water partition coefficient (Wildman–Crippen LogP) is 5.64. The zero-order valence-electron chi connectivity index (χ0n) is 14.4. The zero-order valence-corrected chi connectivity index (χ0v) is 15.4. The Balaban J connectivity index is 1.67. The molecular weight excluding hydrogens is 308 g/mol. The van der Waals surface area contributed by atoms with E-state index in [4.69, 9.17) is 4.74 Å². The van der Waals surface area contributed by atoms with Crippen LogP contribution in [0.25, 0.3) is 0 Å². The number of benzene rings is 3. The molecule has 2 heteroatoms. The van der Waals surface area contributed by atoms with Crippen LogP contribution in [0, 0.1) is 0 Å². The van der Waals surface area contributed by atoms with Crippen LogP contribution < -0.4 is 9.92 Å². The summed E-state index contributed by atoms with van der Waals surface area (Å²) >= 11 is 0. The Morgan fingerprint density at radius 3 is 2.04 bits per heavy atom. The molecule has 0 N–H and O–H groups in total. The minimum atomic E-state index is -1.39. The van der Waals surface area contributed by atoms with Gasteiger partial charge in [0.25, 0.3) is 0 Å². The molecule has 0 unspecified atom stereocenters. The molecule has 0 aliphatic rings. The number of aryl methyl sites for hydroxylation is 1. The minimum Gasteiger partial charge on any atom is -0.457 e. The molecule has 1 nitrogen and oxygen atoms in total. The summed E-state index contributed by atoms with van der Waals surface area (Å²) in [5.74, 6) is 1.80. The van der Waals surface area contributed by atoms with Crippen LogP contribution in [0.1, 0.15) is 5.56 Å². The lowest BCUT2D eigenvalue weighted by Gasteiger charge is -2.23. The van der Waals surface area contributed by atoms with Crippen molar-refractivity contribution in [1.82, 2.24) is 0 Å². The lowest BCUT2D eigenvalue weighted by atomic mass is 10.1. The first kappa shape index (κ1) is 16.5. The Morgan fingerprint density at radius 1 is 0.708 bits per heavy atom. The monoisotopic (exact) mass is 332 g/mol. The molecule has 0 bridgehead atoms. The van der Waals surface area contributed by atoms with Gasteiger partial charge in [0, 0.05) is 0 Å². The maximum atomic E-state index is 5.95. The quantitative estimate of drug-likeness (QED) is 0.531. The largest absolute Gasteiger partial charge is 0.457 e. The normalized spacial score (nSPS) is 11.2. The van der Waals surface area contributed by atoms with E-state index < -0.39 is 8.07 Å². The third-order valence-electron chi connectivity index (χ3n) is 4.47. The average Bonchev–Trinajstić information content (AvgIpc) is 2.62. The molecule has 0 saturated heterocycles. The Labute approximate surface area is 145 Å². The van der Waals surface area contributed by atoms with Crippen molar-refractivity contribution < 1.29 is 4.74 Å². The second-order valence-corrected chi connectivity index (χ2v) is 11.7. The van der Waals surface area contributed by atoms with Gasteiger partial charge in [0.15, 0.2) is 0 Å². The SMILES string of the molecule is C[Si](C)(CCc1cccc(Oc2ccccc2)c1)c1ccccc1. The summed E-state index contributed by atoms with van der Waals surface area (Å²) in [7, 11) is -1.39. The number of ether oxygens (including phenoxy) is 1. The van der Waals surface area contributed by atoms with Crippen LogP contribution in [0.15, 0.2) is 84.9 Å². The van der Waals surface area contributed by atoms with Crippen molar-refractivity contribution in [3.8, 4) is 11.5 Å². The van der Waals surface area contributed by atoms with Crippen LogP contribution in [0.5, 0.6) is 11.5 Å². The van der Waals surface area contributed by atoms with E-state index in [1.165, 1.54) is 16.8 Å². The van der Waals surface area contributed by atoms with E-state index in [2.05, 4.69) is 61.6 Å². The topological polar surface area (TPSA) is 9.23 Å². The molecule has 0 amide bonds. The Kier molecular flexibility index (Phi) is 5.16. The van der Waals surface area contributed by atoms with Crippen molar-refractivity contribution in [3.63, 3.8) is 0 Å². The van der Waals surface area contributed by atoms with Crippen LogP contribution in [0.3, 0.4) is 0 Å². The molecule has 0 aliphatic carbocycles. The number of rotatable bonds is 6. The van der Waals surface area contributed by atoms with Crippen molar-refractivity contribution in [2.24, 2.45) is 0 Å². The van der Waals surface area contributed by atoms with E-state index in [9.17, 15) is 0 Å². The highest BCUT2D eigenvalue weighted by Gasteiger charge is 2.22. The van der Waals surface area contributed by atoms with E-state index in [0.29, 0.717) is 0 Å². The van der Waals surface area contributed by atoms with Gasteiger partial charge in [-0.05, 0) is 42.3 Å². The van der Waals surface area contributed by atoms with Crippen LogP contribution in [-0.4, -0.2) is 8.07 Å². The number of para-hydroxylation sites is 1. The summed E-state index contributed by atoms with van der Waals surface area (Å²) in [4.78, 5) is 0. The van der Waals surface area contributed by atoms with Crippen LogP contribution in [0.2, 0.25) is 19.1 Å². The summed E-state index contributed by atoms with van der Waals surface area (Å²) in [5, 5.41) is 1.53. The lowest BCUT2D eigenvalue weighted by molar-refractivity contribution is 0.482. The molecule has 0 heterocycles. The fraction of sp³-hybridized carbons (Fsp3) is 0.182. The van der Waals surface area contributed by atoms with Gasteiger partial charge in [0.05, 0.1) is 8.07 Å². The molecule has 3 aromatic rings. The van der Waals surface area contributed by atoms with Crippen molar-refractivity contribution >= 4 is 13.3 Å².